The van der Waals surface area contributed by atoms with Gasteiger partial charge in [-0.2, -0.15) is 4.52 Å². The van der Waals surface area contributed by atoms with Crippen molar-refractivity contribution < 1.29 is 5.11 Å². The van der Waals surface area contributed by atoms with E-state index < -0.39 is 6.10 Å². The summed E-state index contributed by atoms with van der Waals surface area (Å²) in [6.07, 6.45) is 2.48. The van der Waals surface area contributed by atoms with Crippen LogP contribution in [0.25, 0.3) is 27.9 Å². The van der Waals surface area contributed by atoms with Crippen molar-refractivity contribution in [2.24, 2.45) is 7.05 Å². The highest BCUT2D eigenvalue weighted by atomic mass is 35.5. The molecule has 0 radical (unpaired) electrons. The third-order valence-electron chi connectivity index (χ3n) is 4.72. The van der Waals surface area contributed by atoms with Crippen LogP contribution in [-0.2, 0) is 7.05 Å². The van der Waals surface area contributed by atoms with Gasteiger partial charge in [-0.05, 0) is 40.3 Å². The van der Waals surface area contributed by atoms with E-state index in [1.54, 1.807) is 21.6 Å². The Balaban J connectivity index is 1.78. The number of halogens is 1. The number of aliphatic hydroxyl groups is 1. The van der Waals surface area contributed by atoms with Gasteiger partial charge >= 0.3 is 0 Å². The highest BCUT2D eigenvalue weighted by molar-refractivity contribution is 6.30. The van der Waals surface area contributed by atoms with Crippen LogP contribution in [0.4, 0.5) is 0 Å². The molecule has 1 N–H and O–H groups in total. The molecule has 1 atom stereocenters. The molecule has 8 nitrogen and oxygen atoms in total. The van der Waals surface area contributed by atoms with Gasteiger partial charge < -0.3 is 9.67 Å². The third-order valence-corrected chi connectivity index (χ3v) is 4.95. The number of aliphatic hydroxyl groups excluding tert-OH is 1. The van der Waals surface area contributed by atoms with Gasteiger partial charge in [0, 0.05) is 23.0 Å². The van der Waals surface area contributed by atoms with Gasteiger partial charge in [0.1, 0.15) is 6.10 Å². The Morgan fingerprint density at radius 2 is 2.04 bits per heavy atom. The van der Waals surface area contributed by atoms with Crippen molar-refractivity contribution in [2.75, 3.05) is 0 Å². The third kappa shape index (κ3) is 2.62. The molecule has 9 heteroatoms. The van der Waals surface area contributed by atoms with Crippen LogP contribution in [0, 0.1) is 0 Å². The van der Waals surface area contributed by atoms with Crippen LogP contribution < -0.4 is 0 Å². The molecule has 3 heterocycles. The molecule has 5 rings (SSSR count). The van der Waals surface area contributed by atoms with Gasteiger partial charge in [-0.15, -0.1) is 0 Å². The molecule has 3 aromatic heterocycles. The lowest BCUT2D eigenvalue weighted by Gasteiger charge is -2.14. The summed E-state index contributed by atoms with van der Waals surface area (Å²) in [5.74, 6) is 0.391. The molecule has 138 valence electrons. The van der Waals surface area contributed by atoms with E-state index >= 15 is 0 Å². The first-order valence-electron chi connectivity index (χ1n) is 8.54. The van der Waals surface area contributed by atoms with Gasteiger partial charge in [0.2, 0.25) is 0 Å². The summed E-state index contributed by atoms with van der Waals surface area (Å²) in [7, 11) is 1.84. The van der Waals surface area contributed by atoms with Gasteiger partial charge in [-0.3, -0.25) is 0 Å². The number of nitrogens with zero attached hydrogens (tertiary/aromatic N) is 7. The van der Waals surface area contributed by atoms with Crippen molar-refractivity contribution in [2.45, 2.75) is 6.10 Å². The van der Waals surface area contributed by atoms with Gasteiger partial charge in [-0.25, -0.2) is 9.97 Å². The van der Waals surface area contributed by atoms with Gasteiger partial charge in [-0.1, -0.05) is 34.9 Å². The molecule has 0 saturated carbocycles. The number of imidazole rings is 1. The summed E-state index contributed by atoms with van der Waals surface area (Å²) in [6, 6.07) is 13.1. The summed E-state index contributed by atoms with van der Waals surface area (Å²) in [5, 5.41) is 24.0. The average Bonchev–Trinajstić information content (AvgIpc) is 3.35. The number of aromatic nitrogens is 7. The van der Waals surface area contributed by atoms with Crippen LogP contribution in [0.3, 0.4) is 0 Å². The molecular formula is C19H14ClN7O. The fraction of sp³-hybridized carbons (Fsp3) is 0.105. The molecule has 1 unspecified atom stereocenters. The summed E-state index contributed by atoms with van der Waals surface area (Å²) >= 11 is 6.19. The van der Waals surface area contributed by atoms with E-state index in [9.17, 15) is 5.11 Å². The Kier molecular flexibility index (Phi) is 3.81. The second kappa shape index (κ2) is 6.36. The van der Waals surface area contributed by atoms with E-state index in [0.29, 0.717) is 27.8 Å². The fourth-order valence-electron chi connectivity index (χ4n) is 3.32. The number of fused-ring (bicyclic) bond motifs is 3. The van der Waals surface area contributed by atoms with E-state index in [1.807, 2.05) is 49.5 Å². The quantitative estimate of drug-likeness (QED) is 0.508. The minimum atomic E-state index is -0.825. The van der Waals surface area contributed by atoms with Crippen LogP contribution in [0.1, 0.15) is 17.4 Å². The van der Waals surface area contributed by atoms with Crippen molar-refractivity contribution in [1.29, 1.82) is 0 Å². The number of aryl methyl sites for hydroxylation is 1. The standard InChI is InChI=1S/C19H14ClN7O/c1-26-10-21-9-16(26)18(28)12-5-6-15-14(8-12)17(11-3-2-4-13(20)7-11)22-19-23-24-25-27(15)19/h2-10,18,28H,1H3. The van der Waals surface area contributed by atoms with E-state index in [1.165, 1.54) is 0 Å². The summed E-state index contributed by atoms with van der Waals surface area (Å²) < 4.78 is 3.36. The number of tetrazole rings is 1. The average molecular weight is 392 g/mol. The maximum absolute atomic E-state index is 10.9. The number of benzene rings is 2. The predicted octanol–water partition coefficient (Wildman–Crippen LogP) is 2.81. The maximum atomic E-state index is 10.9. The second-order valence-electron chi connectivity index (χ2n) is 6.47. The minimum Gasteiger partial charge on any atom is -0.382 e. The molecule has 0 amide bonds. The second-order valence-corrected chi connectivity index (χ2v) is 6.91. The number of rotatable bonds is 3. The first kappa shape index (κ1) is 16.8. The van der Waals surface area contributed by atoms with Crippen LogP contribution in [0.5, 0.6) is 0 Å². The Labute approximate surface area is 164 Å². The van der Waals surface area contributed by atoms with E-state index in [0.717, 1.165) is 16.5 Å². The van der Waals surface area contributed by atoms with Crippen molar-refractivity contribution in [1.82, 2.24) is 34.6 Å². The van der Waals surface area contributed by atoms with Crippen molar-refractivity contribution in [3.8, 4) is 11.3 Å². The lowest BCUT2D eigenvalue weighted by atomic mass is 10.0. The predicted molar refractivity (Wildman–Crippen MR) is 104 cm³/mol. The molecular weight excluding hydrogens is 378 g/mol. The molecule has 0 spiro atoms. The zero-order valence-corrected chi connectivity index (χ0v) is 15.5. The minimum absolute atomic E-state index is 0.391. The van der Waals surface area contributed by atoms with Gasteiger partial charge in [0.05, 0.1) is 29.4 Å². The Hall–Kier alpha value is -3.36. The smallest absolute Gasteiger partial charge is 0.274 e. The number of hydrogen-bond acceptors (Lipinski definition) is 6. The molecule has 0 aliphatic carbocycles. The van der Waals surface area contributed by atoms with E-state index in [4.69, 9.17) is 11.6 Å². The molecule has 28 heavy (non-hydrogen) atoms. The molecule has 0 bridgehead atoms. The van der Waals surface area contributed by atoms with E-state index in [2.05, 4.69) is 25.5 Å². The zero-order chi connectivity index (χ0) is 19.3. The van der Waals surface area contributed by atoms with Crippen LogP contribution in [0.2, 0.25) is 5.02 Å². The first-order chi connectivity index (χ1) is 13.6. The largest absolute Gasteiger partial charge is 0.382 e. The molecule has 2 aromatic carbocycles. The van der Waals surface area contributed by atoms with Crippen LogP contribution in [0.15, 0.2) is 55.0 Å². The summed E-state index contributed by atoms with van der Waals surface area (Å²) in [5.41, 5.74) is 3.73. The Bertz CT molecular complexity index is 1330. The monoisotopic (exact) mass is 391 g/mol. The van der Waals surface area contributed by atoms with Crippen LogP contribution in [-0.4, -0.2) is 39.7 Å². The Morgan fingerprint density at radius 3 is 2.82 bits per heavy atom. The lowest BCUT2D eigenvalue weighted by molar-refractivity contribution is 0.211. The fourth-order valence-corrected chi connectivity index (χ4v) is 3.51. The normalized spacial score (nSPS) is 12.7. The zero-order valence-electron chi connectivity index (χ0n) is 14.7. The topological polar surface area (TPSA) is 94.0 Å². The molecule has 5 aromatic rings. The maximum Gasteiger partial charge on any atom is 0.274 e. The molecule has 0 saturated heterocycles. The SMILES string of the molecule is Cn1cncc1C(O)c1ccc2c(c1)c(-c1cccc(Cl)c1)nc1nnnn12. The van der Waals surface area contributed by atoms with E-state index in [-0.39, 0.29) is 0 Å². The van der Waals surface area contributed by atoms with Gasteiger partial charge in [0.25, 0.3) is 5.78 Å². The number of hydrogen-bond donors (Lipinski definition) is 1. The highest BCUT2D eigenvalue weighted by Crippen LogP contribution is 2.32. The van der Waals surface area contributed by atoms with Crippen molar-refractivity contribution >= 4 is 28.3 Å². The molecule has 0 fully saturated rings. The van der Waals surface area contributed by atoms with Gasteiger partial charge in [0.15, 0.2) is 0 Å². The van der Waals surface area contributed by atoms with Crippen LogP contribution >= 0.6 is 11.6 Å². The van der Waals surface area contributed by atoms with Crippen molar-refractivity contribution in [3.63, 3.8) is 0 Å². The summed E-state index contributed by atoms with van der Waals surface area (Å²) in [6.45, 7) is 0. The lowest BCUT2D eigenvalue weighted by Crippen LogP contribution is -2.06. The molecule has 0 aliphatic rings. The van der Waals surface area contributed by atoms with Crippen molar-refractivity contribution in [3.05, 3.63) is 71.3 Å². The highest BCUT2D eigenvalue weighted by Gasteiger charge is 2.18. The molecule has 0 aliphatic heterocycles. The summed E-state index contributed by atoms with van der Waals surface area (Å²) in [4.78, 5) is 8.71. The Morgan fingerprint density at radius 1 is 1.14 bits per heavy atom. The first-order valence-corrected chi connectivity index (χ1v) is 8.91.